The average Bonchev–Trinajstić information content (AvgIpc) is 2.59. The Hall–Kier alpha value is -2.17. The monoisotopic (exact) mass is 247 g/mol. The highest BCUT2D eigenvalue weighted by atomic mass is 16.5. The summed E-state index contributed by atoms with van der Waals surface area (Å²) in [5.74, 6) is -0.618. The van der Waals surface area contributed by atoms with E-state index < -0.39 is 11.7 Å². The summed E-state index contributed by atoms with van der Waals surface area (Å²) in [6, 6.07) is 4.89. The van der Waals surface area contributed by atoms with Crippen LogP contribution in [0.25, 0.3) is 0 Å². The summed E-state index contributed by atoms with van der Waals surface area (Å²) in [5, 5.41) is 0. The van der Waals surface area contributed by atoms with Crippen LogP contribution in [0.4, 0.5) is 5.69 Å². The first-order valence-corrected chi connectivity index (χ1v) is 5.58. The maximum atomic E-state index is 11.8. The molecular formula is C13H13NO4. The Morgan fingerprint density at radius 3 is 2.67 bits per heavy atom. The quantitative estimate of drug-likeness (QED) is 0.750. The second kappa shape index (κ2) is 4.60. The molecule has 0 aliphatic carbocycles. The van der Waals surface area contributed by atoms with Gasteiger partial charge in [-0.3, -0.25) is 14.4 Å². The molecule has 0 spiro atoms. The lowest BCUT2D eigenvalue weighted by molar-refractivity contribution is -0.117. The first-order valence-electron chi connectivity index (χ1n) is 5.58. The molecule has 0 bridgehead atoms. The lowest BCUT2D eigenvalue weighted by atomic mass is 10.1. The van der Waals surface area contributed by atoms with E-state index in [2.05, 4.69) is 0 Å². The number of carbonyl (C=O) groups is 3. The number of carbonyl (C=O) groups excluding carboxylic acids is 3. The topological polar surface area (TPSA) is 63.7 Å². The van der Waals surface area contributed by atoms with E-state index in [9.17, 15) is 14.4 Å². The van der Waals surface area contributed by atoms with Gasteiger partial charge in [0, 0.05) is 13.0 Å². The van der Waals surface area contributed by atoms with Crippen molar-refractivity contribution in [3.63, 3.8) is 0 Å². The van der Waals surface area contributed by atoms with Crippen molar-refractivity contribution in [1.29, 1.82) is 0 Å². The van der Waals surface area contributed by atoms with Crippen molar-refractivity contribution in [1.82, 2.24) is 0 Å². The van der Waals surface area contributed by atoms with Gasteiger partial charge in [0.25, 0.3) is 11.7 Å². The van der Waals surface area contributed by atoms with E-state index in [1.165, 1.54) is 18.9 Å². The van der Waals surface area contributed by atoms with Gasteiger partial charge in [0.05, 0.1) is 18.4 Å². The summed E-state index contributed by atoms with van der Waals surface area (Å²) in [4.78, 5) is 35.9. The van der Waals surface area contributed by atoms with Crippen molar-refractivity contribution in [2.24, 2.45) is 0 Å². The van der Waals surface area contributed by atoms with Crippen LogP contribution in [0.15, 0.2) is 18.2 Å². The predicted octanol–water partition coefficient (Wildman–Crippen LogP) is 1.20. The van der Waals surface area contributed by atoms with E-state index >= 15 is 0 Å². The Morgan fingerprint density at radius 2 is 2.06 bits per heavy atom. The molecule has 18 heavy (non-hydrogen) atoms. The number of anilines is 1. The molecule has 0 fully saturated rings. The Morgan fingerprint density at radius 1 is 1.33 bits per heavy atom. The normalized spacial score (nSPS) is 13.8. The summed E-state index contributed by atoms with van der Waals surface area (Å²) >= 11 is 0. The van der Waals surface area contributed by atoms with Crippen LogP contribution in [0.2, 0.25) is 0 Å². The van der Waals surface area contributed by atoms with Crippen LogP contribution in [-0.2, 0) is 9.59 Å². The fraction of sp³-hybridized carbons (Fsp3) is 0.308. The maximum absolute atomic E-state index is 11.8. The van der Waals surface area contributed by atoms with E-state index in [1.807, 2.05) is 0 Å². The van der Waals surface area contributed by atoms with Crippen LogP contribution < -0.4 is 9.64 Å². The number of amides is 1. The molecule has 1 aromatic carbocycles. The van der Waals surface area contributed by atoms with E-state index in [4.69, 9.17) is 4.74 Å². The minimum absolute atomic E-state index is 0.0165. The highest BCUT2D eigenvalue weighted by molar-refractivity contribution is 6.52. The van der Waals surface area contributed by atoms with E-state index in [0.717, 1.165) is 0 Å². The highest BCUT2D eigenvalue weighted by Gasteiger charge is 2.35. The van der Waals surface area contributed by atoms with E-state index in [1.54, 1.807) is 18.2 Å². The van der Waals surface area contributed by atoms with Crippen LogP contribution in [0, 0.1) is 0 Å². The van der Waals surface area contributed by atoms with Crippen molar-refractivity contribution in [3.05, 3.63) is 23.8 Å². The van der Waals surface area contributed by atoms with Gasteiger partial charge in [-0.1, -0.05) is 0 Å². The molecular weight excluding hydrogens is 234 g/mol. The van der Waals surface area contributed by atoms with Crippen LogP contribution in [0.1, 0.15) is 23.7 Å². The number of hydrogen-bond donors (Lipinski definition) is 0. The lowest BCUT2D eigenvalue weighted by Crippen LogP contribution is -2.31. The summed E-state index contributed by atoms with van der Waals surface area (Å²) in [6.07, 6.45) is 0.241. The molecule has 1 heterocycles. The molecule has 0 N–H and O–H groups in total. The zero-order valence-corrected chi connectivity index (χ0v) is 10.2. The van der Waals surface area contributed by atoms with Gasteiger partial charge in [-0.15, -0.1) is 0 Å². The average molecular weight is 247 g/mol. The SMILES string of the molecule is COc1ccc2c(c1)C(=O)C(=O)N2CCC(C)=O. The zero-order chi connectivity index (χ0) is 13.3. The molecule has 2 rings (SSSR count). The minimum Gasteiger partial charge on any atom is -0.497 e. The molecule has 5 heteroatoms. The third kappa shape index (κ3) is 1.99. The number of Topliss-reactive ketones (excluding diaryl/α,β-unsaturated/α-hetero) is 2. The summed E-state index contributed by atoms with van der Waals surface area (Å²) in [7, 11) is 1.50. The van der Waals surface area contributed by atoms with Crippen LogP contribution in [-0.4, -0.2) is 31.1 Å². The number of hydrogen-bond acceptors (Lipinski definition) is 4. The minimum atomic E-state index is -0.584. The van der Waals surface area contributed by atoms with Crippen molar-refractivity contribution in [2.45, 2.75) is 13.3 Å². The molecule has 0 saturated carbocycles. The van der Waals surface area contributed by atoms with Gasteiger partial charge < -0.3 is 9.64 Å². The fourth-order valence-electron chi connectivity index (χ4n) is 1.90. The number of benzene rings is 1. The number of rotatable bonds is 4. The third-order valence-electron chi connectivity index (χ3n) is 2.87. The van der Waals surface area contributed by atoms with Gasteiger partial charge in [0.15, 0.2) is 0 Å². The molecule has 1 aliphatic rings. The Labute approximate surface area is 104 Å². The van der Waals surface area contributed by atoms with Crippen LogP contribution in [0.3, 0.4) is 0 Å². The second-order valence-electron chi connectivity index (χ2n) is 4.12. The largest absolute Gasteiger partial charge is 0.497 e. The molecule has 0 radical (unpaired) electrons. The van der Waals surface area contributed by atoms with Crippen molar-refractivity contribution < 1.29 is 19.1 Å². The third-order valence-corrected chi connectivity index (χ3v) is 2.87. The molecule has 1 amide bonds. The van der Waals surface area contributed by atoms with Gasteiger partial charge in [0.2, 0.25) is 0 Å². The van der Waals surface area contributed by atoms with Crippen molar-refractivity contribution in [3.8, 4) is 5.75 Å². The maximum Gasteiger partial charge on any atom is 0.299 e. The Balaban J connectivity index is 2.34. The lowest BCUT2D eigenvalue weighted by Gasteiger charge is -2.15. The van der Waals surface area contributed by atoms with Crippen LogP contribution in [0.5, 0.6) is 5.75 Å². The number of ether oxygens (including phenoxy) is 1. The van der Waals surface area contributed by atoms with Gasteiger partial charge in [-0.2, -0.15) is 0 Å². The molecule has 1 aromatic rings. The van der Waals surface area contributed by atoms with Gasteiger partial charge in [0.1, 0.15) is 11.5 Å². The standard InChI is InChI=1S/C13H13NO4/c1-8(15)5-6-14-11-4-3-9(18-2)7-10(11)12(16)13(14)17/h3-4,7H,5-6H2,1-2H3. The van der Waals surface area contributed by atoms with E-state index in [0.29, 0.717) is 17.0 Å². The molecule has 0 aromatic heterocycles. The first-order chi connectivity index (χ1) is 8.54. The van der Waals surface area contributed by atoms with Crippen molar-refractivity contribution >= 4 is 23.2 Å². The van der Waals surface area contributed by atoms with Crippen LogP contribution >= 0.6 is 0 Å². The van der Waals surface area contributed by atoms with Crippen molar-refractivity contribution in [2.75, 3.05) is 18.6 Å². The van der Waals surface area contributed by atoms with E-state index in [-0.39, 0.29) is 18.7 Å². The fourth-order valence-corrected chi connectivity index (χ4v) is 1.90. The molecule has 5 nitrogen and oxygen atoms in total. The Bertz CT molecular complexity index is 536. The second-order valence-corrected chi connectivity index (χ2v) is 4.12. The molecule has 0 saturated heterocycles. The zero-order valence-electron chi connectivity index (χ0n) is 10.2. The highest BCUT2D eigenvalue weighted by Crippen LogP contribution is 2.31. The van der Waals surface area contributed by atoms with Gasteiger partial charge in [-0.25, -0.2) is 0 Å². The number of methoxy groups -OCH3 is 1. The predicted molar refractivity (Wildman–Crippen MR) is 65.0 cm³/mol. The Kier molecular flexibility index (Phi) is 3.14. The molecule has 1 aliphatic heterocycles. The number of fused-ring (bicyclic) bond motifs is 1. The smallest absolute Gasteiger partial charge is 0.299 e. The first kappa shape index (κ1) is 12.3. The van der Waals surface area contributed by atoms with Gasteiger partial charge >= 0.3 is 0 Å². The molecule has 94 valence electrons. The summed E-state index contributed by atoms with van der Waals surface area (Å²) in [5.41, 5.74) is 0.884. The summed E-state index contributed by atoms with van der Waals surface area (Å²) in [6.45, 7) is 1.69. The number of nitrogens with zero attached hydrogens (tertiary/aromatic N) is 1. The summed E-state index contributed by atoms with van der Waals surface area (Å²) < 4.78 is 5.02. The van der Waals surface area contributed by atoms with Gasteiger partial charge in [-0.05, 0) is 25.1 Å². The molecule has 0 unspecified atom stereocenters. The number of ketones is 2. The molecule has 0 atom stereocenters.